The molecule has 1 N–H and O–H groups in total. The van der Waals surface area contributed by atoms with E-state index in [-0.39, 0.29) is 16.9 Å². The molecule has 21 heavy (non-hydrogen) atoms. The molecule has 1 aromatic heterocycles. The standard InChI is InChI=1S/C17H23N3O/c1-16(2)13(17(16,3)4)15-20-19-14(21-15)12(18-5)11-9-7-6-8-10-11/h6-10,12-13,18H,1-5H3. The molecule has 1 saturated carbocycles. The molecule has 0 spiro atoms. The second-order valence-corrected chi connectivity index (χ2v) is 6.99. The minimum Gasteiger partial charge on any atom is -0.423 e. The first-order valence-electron chi connectivity index (χ1n) is 7.45. The fraction of sp³-hybridized carbons (Fsp3) is 0.529. The van der Waals surface area contributed by atoms with Gasteiger partial charge in [-0.1, -0.05) is 58.0 Å². The van der Waals surface area contributed by atoms with Gasteiger partial charge in [0.15, 0.2) is 0 Å². The van der Waals surface area contributed by atoms with E-state index in [1.54, 1.807) is 0 Å². The maximum Gasteiger partial charge on any atom is 0.237 e. The lowest BCUT2D eigenvalue weighted by Crippen LogP contribution is -2.17. The van der Waals surface area contributed by atoms with E-state index in [0.717, 1.165) is 11.5 Å². The van der Waals surface area contributed by atoms with Gasteiger partial charge in [0.2, 0.25) is 11.8 Å². The van der Waals surface area contributed by atoms with Crippen LogP contribution in [0.1, 0.15) is 57.0 Å². The van der Waals surface area contributed by atoms with E-state index in [9.17, 15) is 0 Å². The summed E-state index contributed by atoms with van der Waals surface area (Å²) in [4.78, 5) is 0. The zero-order valence-corrected chi connectivity index (χ0v) is 13.3. The number of rotatable bonds is 4. The molecule has 1 fully saturated rings. The van der Waals surface area contributed by atoms with Crippen LogP contribution in [0, 0.1) is 10.8 Å². The van der Waals surface area contributed by atoms with Gasteiger partial charge < -0.3 is 9.73 Å². The van der Waals surface area contributed by atoms with Gasteiger partial charge in [0, 0.05) is 5.92 Å². The van der Waals surface area contributed by atoms with Crippen molar-refractivity contribution in [3.63, 3.8) is 0 Å². The van der Waals surface area contributed by atoms with Crippen LogP contribution in [0.2, 0.25) is 0 Å². The molecule has 0 aliphatic heterocycles. The summed E-state index contributed by atoms with van der Waals surface area (Å²) in [7, 11) is 1.91. The van der Waals surface area contributed by atoms with E-state index in [1.807, 2.05) is 25.2 Å². The Morgan fingerprint density at radius 1 is 1.05 bits per heavy atom. The number of aromatic nitrogens is 2. The van der Waals surface area contributed by atoms with Crippen molar-refractivity contribution in [2.24, 2.45) is 10.8 Å². The zero-order valence-electron chi connectivity index (χ0n) is 13.3. The van der Waals surface area contributed by atoms with E-state index in [2.05, 4.69) is 55.3 Å². The fourth-order valence-corrected chi connectivity index (χ4v) is 3.37. The number of nitrogens with zero attached hydrogens (tertiary/aromatic N) is 2. The average molecular weight is 285 g/mol. The van der Waals surface area contributed by atoms with Crippen molar-refractivity contribution >= 4 is 0 Å². The largest absolute Gasteiger partial charge is 0.423 e. The average Bonchev–Trinajstić information content (AvgIpc) is 2.79. The number of hydrogen-bond acceptors (Lipinski definition) is 4. The molecule has 0 saturated heterocycles. The van der Waals surface area contributed by atoms with Gasteiger partial charge in [0.25, 0.3) is 0 Å². The Bertz CT molecular complexity index is 616. The predicted molar refractivity (Wildman–Crippen MR) is 81.9 cm³/mol. The van der Waals surface area contributed by atoms with Gasteiger partial charge >= 0.3 is 0 Å². The van der Waals surface area contributed by atoms with Crippen molar-refractivity contribution in [1.82, 2.24) is 15.5 Å². The third-order valence-electron chi connectivity index (χ3n) is 5.39. The van der Waals surface area contributed by atoms with Gasteiger partial charge in [-0.05, 0) is 23.4 Å². The summed E-state index contributed by atoms with van der Waals surface area (Å²) in [5.41, 5.74) is 1.54. The number of nitrogens with one attached hydrogen (secondary N) is 1. The normalized spacial score (nSPS) is 21.2. The Morgan fingerprint density at radius 2 is 1.67 bits per heavy atom. The van der Waals surface area contributed by atoms with E-state index in [0.29, 0.717) is 11.8 Å². The van der Waals surface area contributed by atoms with Crippen molar-refractivity contribution in [1.29, 1.82) is 0 Å². The lowest BCUT2D eigenvalue weighted by atomic mass is 10.0. The molecule has 0 bridgehead atoms. The molecule has 1 aliphatic rings. The van der Waals surface area contributed by atoms with Crippen LogP contribution in [0.15, 0.2) is 34.7 Å². The van der Waals surface area contributed by atoms with Gasteiger partial charge in [0.1, 0.15) is 6.04 Å². The second-order valence-electron chi connectivity index (χ2n) is 6.99. The van der Waals surface area contributed by atoms with Gasteiger partial charge in [-0.25, -0.2) is 0 Å². The van der Waals surface area contributed by atoms with Crippen LogP contribution in [-0.2, 0) is 0 Å². The highest BCUT2D eigenvalue weighted by molar-refractivity contribution is 5.27. The summed E-state index contributed by atoms with van der Waals surface area (Å²) in [6.45, 7) is 9.03. The Labute approximate surface area is 126 Å². The smallest absolute Gasteiger partial charge is 0.237 e. The first-order valence-corrected chi connectivity index (χ1v) is 7.45. The summed E-state index contributed by atoms with van der Waals surface area (Å²) in [5.74, 6) is 1.73. The van der Waals surface area contributed by atoms with Crippen molar-refractivity contribution in [3.8, 4) is 0 Å². The van der Waals surface area contributed by atoms with Crippen molar-refractivity contribution < 1.29 is 4.42 Å². The quantitative estimate of drug-likeness (QED) is 0.933. The van der Waals surface area contributed by atoms with E-state index < -0.39 is 0 Å². The maximum atomic E-state index is 6.00. The first kappa shape index (κ1) is 14.3. The highest BCUT2D eigenvalue weighted by Crippen LogP contribution is 2.73. The SMILES string of the molecule is CNC(c1ccccc1)c1nnc(C2C(C)(C)C2(C)C)o1. The van der Waals surface area contributed by atoms with Crippen molar-refractivity contribution in [3.05, 3.63) is 47.7 Å². The zero-order chi connectivity index (χ0) is 15.3. The maximum absolute atomic E-state index is 6.00. The summed E-state index contributed by atoms with van der Waals surface area (Å²) >= 11 is 0. The summed E-state index contributed by atoms with van der Waals surface area (Å²) in [5, 5.41) is 11.8. The molecule has 0 amide bonds. The first-order chi connectivity index (χ1) is 9.89. The number of benzene rings is 1. The molecule has 3 rings (SSSR count). The van der Waals surface area contributed by atoms with Crippen molar-refractivity contribution in [2.75, 3.05) is 7.05 Å². The summed E-state index contributed by atoms with van der Waals surface area (Å²) < 4.78 is 6.00. The minimum absolute atomic E-state index is 0.0579. The molecule has 2 aromatic rings. The molecule has 1 aromatic carbocycles. The van der Waals surface area contributed by atoms with E-state index in [1.165, 1.54) is 0 Å². The summed E-state index contributed by atoms with van der Waals surface area (Å²) in [6.07, 6.45) is 0. The predicted octanol–water partition coefficient (Wildman–Crippen LogP) is 3.53. The second kappa shape index (κ2) is 4.67. The van der Waals surface area contributed by atoms with Crippen LogP contribution in [0.5, 0.6) is 0 Å². The highest BCUT2D eigenvalue weighted by Gasteiger charge is 2.67. The third kappa shape index (κ3) is 2.09. The Kier molecular flexibility index (Phi) is 3.17. The molecule has 1 aliphatic carbocycles. The molecular weight excluding hydrogens is 262 g/mol. The molecule has 4 nitrogen and oxygen atoms in total. The van der Waals surface area contributed by atoms with Gasteiger partial charge in [-0.2, -0.15) is 0 Å². The van der Waals surface area contributed by atoms with E-state index >= 15 is 0 Å². The van der Waals surface area contributed by atoms with Crippen LogP contribution in [0.25, 0.3) is 0 Å². The van der Waals surface area contributed by atoms with Crippen LogP contribution in [-0.4, -0.2) is 17.2 Å². The van der Waals surface area contributed by atoms with Crippen LogP contribution >= 0.6 is 0 Å². The van der Waals surface area contributed by atoms with Crippen LogP contribution < -0.4 is 5.32 Å². The lowest BCUT2D eigenvalue weighted by molar-refractivity contribution is 0.403. The van der Waals surface area contributed by atoms with Crippen molar-refractivity contribution in [2.45, 2.75) is 39.7 Å². The fourth-order valence-electron chi connectivity index (χ4n) is 3.37. The van der Waals surface area contributed by atoms with Gasteiger partial charge in [-0.3, -0.25) is 0 Å². The lowest BCUT2D eigenvalue weighted by Gasteiger charge is -2.11. The Balaban J connectivity index is 1.89. The minimum atomic E-state index is -0.0579. The summed E-state index contributed by atoms with van der Waals surface area (Å²) in [6, 6.07) is 10.1. The molecule has 112 valence electrons. The molecule has 4 heteroatoms. The van der Waals surface area contributed by atoms with Crippen LogP contribution in [0.3, 0.4) is 0 Å². The molecule has 1 heterocycles. The van der Waals surface area contributed by atoms with Gasteiger partial charge in [-0.15, -0.1) is 10.2 Å². The molecule has 0 radical (unpaired) electrons. The molecular formula is C17H23N3O. The highest BCUT2D eigenvalue weighted by atomic mass is 16.4. The topological polar surface area (TPSA) is 51.0 Å². The Hall–Kier alpha value is -1.68. The van der Waals surface area contributed by atoms with E-state index in [4.69, 9.17) is 4.42 Å². The molecule has 1 atom stereocenters. The monoisotopic (exact) mass is 285 g/mol. The van der Waals surface area contributed by atoms with Gasteiger partial charge in [0.05, 0.1) is 0 Å². The molecule has 1 unspecified atom stereocenters. The Morgan fingerprint density at radius 3 is 2.19 bits per heavy atom. The third-order valence-corrected chi connectivity index (χ3v) is 5.39. The van der Waals surface area contributed by atoms with Crippen LogP contribution in [0.4, 0.5) is 0 Å². The number of hydrogen-bond donors (Lipinski definition) is 1.